The van der Waals surface area contributed by atoms with Crippen LogP contribution in [-0.4, -0.2) is 79.2 Å². The molecule has 2 aliphatic heterocycles. The lowest BCUT2D eigenvalue weighted by Gasteiger charge is -2.24. The van der Waals surface area contributed by atoms with Crippen molar-refractivity contribution in [2.45, 2.75) is 6.42 Å². The summed E-state index contributed by atoms with van der Waals surface area (Å²) < 4.78 is 17.6. The Balaban J connectivity index is 1.87. The normalized spacial score (nSPS) is 16.4. The van der Waals surface area contributed by atoms with Gasteiger partial charge >= 0.3 is 5.97 Å². The van der Waals surface area contributed by atoms with Gasteiger partial charge in [0.05, 0.1) is 13.5 Å². The number of imide groups is 2. The van der Waals surface area contributed by atoms with E-state index in [1.54, 1.807) is 0 Å². The van der Waals surface area contributed by atoms with E-state index in [0.29, 0.717) is 0 Å². The molecular formula is C16H22N5O7P. The van der Waals surface area contributed by atoms with Gasteiger partial charge < -0.3 is 4.74 Å². The Morgan fingerprint density at radius 2 is 1.21 bits per heavy atom. The second-order valence-electron chi connectivity index (χ2n) is 5.98. The highest BCUT2D eigenvalue weighted by atomic mass is 31.2. The van der Waals surface area contributed by atoms with Crippen molar-refractivity contribution in [1.82, 2.24) is 25.1 Å². The summed E-state index contributed by atoms with van der Waals surface area (Å²) in [7, 11) is -2.24. The summed E-state index contributed by atoms with van der Waals surface area (Å²) in [5.74, 6) is -2.34. The molecule has 0 saturated heterocycles. The van der Waals surface area contributed by atoms with Gasteiger partial charge in [0, 0.05) is 57.0 Å². The first-order valence-corrected chi connectivity index (χ1v) is 10.5. The molecule has 4 amide bonds. The average molecular weight is 427 g/mol. The molecule has 0 bridgehead atoms. The summed E-state index contributed by atoms with van der Waals surface area (Å²) in [5.41, 5.74) is 0. The molecule has 0 fully saturated rings. The van der Waals surface area contributed by atoms with Gasteiger partial charge in [-0.2, -0.15) is 0 Å². The monoisotopic (exact) mass is 427 g/mol. The number of amides is 4. The van der Waals surface area contributed by atoms with Gasteiger partial charge in [-0.3, -0.25) is 38.3 Å². The molecule has 0 spiro atoms. The number of hydrogen-bond donors (Lipinski definition) is 3. The quantitative estimate of drug-likeness (QED) is 0.186. The lowest BCUT2D eigenvalue weighted by Crippen LogP contribution is -2.42. The van der Waals surface area contributed by atoms with Gasteiger partial charge in [-0.15, -0.1) is 0 Å². The van der Waals surface area contributed by atoms with Crippen LogP contribution in [0.1, 0.15) is 6.42 Å². The van der Waals surface area contributed by atoms with Gasteiger partial charge in [0.25, 0.3) is 31.2 Å². The van der Waals surface area contributed by atoms with E-state index >= 15 is 0 Å². The van der Waals surface area contributed by atoms with Crippen LogP contribution in [0, 0.1) is 0 Å². The Labute approximate surface area is 166 Å². The lowest BCUT2D eigenvalue weighted by atomic mass is 10.4. The minimum atomic E-state index is -3.48. The summed E-state index contributed by atoms with van der Waals surface area (Å²) in [6, 6.07) is 0. The molecule has 0 atom stereocenters. The van der Waals surface area contributed by atoms with Crippen molar-refractivity contribution < 1.29 is 33.3 Å². The van der Waals surface area contributed by atoms with Crippen molar-refractivity contribution in [3.05, 3.63) is 24.3 Å². The summed E-state index contributed by atoms with van der Waals surface area (Å²) in [6.45, 7) is 0.0237. The Kier molecular flexibility index (Phi) is 7.97. The molecule has 29 heavy (non-hydrogen) atoms. The van der Waals surface area contributed by atoms with Crippen molar-refractivity contribution in [2.75, 3.05) is 39.8 Å². The SMILES string of the molecule is COC(=O)CCNP(=O)(NCCN1C(=O)C=CC1=O)NCCN1C(=O)C=CC1=O. The zero-order valence-electron chi connectivity index (χ0n) is 15.8. The second-order valence-corrected chi connectivity index (χ2v) is 8.15. The minimum absolute atomic E-state index is 0.0117. The molecule has 0 aromatic carbocycles. The first-order valence-electron chi connectivity index (χ1n) is 8.75. The number of nitrogens with one attached hydrogen (secondary N) is 3. The van der Waals surface area contributed by atoms with Gasteiger partial charge in [-0.1, -0.05) is 0 Å². The number of hydrogen-bond acceptors (Lipinski definition) is 7. The van der Waals surface area contributed by atoms with Crippen molar-refractivity contribution in [1.29, 1.82) is 0 Å². The van der Waals surface area contributed by atoms with Crippen LogP contribution < -0.4 is 15.3 Å². The number of ether oxygens (including phenoxy) is 1. The third-order valence-corrected chi connectivity index (χ3v) is 6.04. The molecule has 2 rings (SSSR count). The Bertz CT molecular complexity index is 721. The van der Waals surface area contributed by atoms with Crippen molar-refractivity contribution in [3.63, 3.8) is 0 Å². The summed E-state index contributed by atoms with van der Waals surface area (Å²) in [5, 5.41) is 8.10. The molecule has 0 radical (unpaired) electrons. The van der Waals surface area contributed by atoms with E-state index in [1.807, 2.05) is 0 Å². The van der Waals surface area contributed by atoms with Gasteiger partial charge in [0.1, 0.15) is 0 Å². The fourth-order valence-electron chi connectivity index (χ4n) is 2.53. The highest BCUT2D eigenvalue weighted by molar-refractivity contribution is 7.57. The van der Waals surface area contributed by atoms with E-state index in [2.05, 4.69) is 20.0 Å². The zero-order chi connectivity index (χ0) is 21.4. The van der Waals surface area contributed by atoms with Crippen LogP contribution in [0.3, 0.4) is 0 Å². The molecule has 2 heterocycles. The number of methoxy groups -OCH3 is 1. The standard InChI is InChI=1S/C16H22N5O7P/c1-28-16(26)6-7-17-29(27,18-8-10-20-12(22)2-3-13(20)23)19-9-11-21-14(24)4-5-15(21)25/h2-5H,6-11H2,1H3,(H3,17,18,19,27). The summed E-state index contributed by atoms with van der Waals surface area (Å²) in [4.78, 5) is 59.5. The third-order valence-electron chi connectivity index (χ3n) is 4.03. The molecule has 0 saturated carbocycles. The Morgan fingerprint density at radius 1 is 0.828 bits per heavy atom. The number of esters is 1. The summed E-state index contributed by atoms with van der Waals surface area (Å²) in [6.07, 6.45) is 4.55. The van der Waals surface area contributed by atoms with E-state index in [9.17, 15) is 28.5 Å². The average Bonchev–Trinajstić information content (AvgIpc) is 3.17. The molecule has 0 aliphatic carbocycles. The number of carbonyl (C=O) groups is 5. The molecule has 3 N–H and O–H groups in total. The first-order chi connectivity index (χ1) is 13.8. The van der Waals surface area contributed by atoms with Crippen LogP contribution in [0.2, 0.25) is 0 Å². The number of rotatable bonds is 12. The fraction of sp³-hybridized carbons (Fsp3) is 0.438. The highest BCUT2D eigenvalue weighted by Crippen LogP contribution is 2.29. The van der Waals surface area contributed by atoms with E-state index < -0.39 is 37.2 Å². The molecule has 2 aliphatic rings. The van der Waals surface area contributed by atoms with Gasteiger partial charge in [-0.05, 0) is 0 Å². The molecule has 0 aromatic heterocycles. The van der Waals surface area contributed by atoms with Crippen molar-refractivity contribution >= 4 is 37.2 Å². The van der Waals surface area contributed by atoms with Gasteiger partial charge in [-0.25, -0.2) is 15.3 Å². The maximum Gasteiger partial charge on any atom is 0.306 e. The van der Waals surface area contributed by atoms with E-state index in [1.165, 1.54) is 7.11 Å². The second kappa shape index (κ2) is 10.2. The zero-order valence-corrected chi connectivity index (χ0v) is 16.6. The minimum Gasteiger partial charge on any atom is -0.469 e. The van der Waals surface area contributed by atoms with Crippen LogP contribution in [0.5, 0.6) is 0 Å². The maximum absolute atomic E-state index is 13.1. The van der Waals surface area contributed by atoms with Gasteiger partial charge in [0.15, 0.2) is 0 Å². The van der Waals surface area contributed by atoms with E-state index in [-0.39, 0.29) is 39.1 Å². The van der Waals surface area contributed by atoms with Crippen LogP contribution >= 0.6 is 7.59 Å². The number of nitrogens with zero attached hydrogens (tertiary/aromatic N) is 2. The topological polar surface area (TPSA) is 154 Å². The predicted molar refractivity (Wildman–Crippen MR) is 100.0 cm³/mol. The highest BCUT2D eigenvalue weighted by Gasteiger charge is 2.27. The smallest absolute Gasteiger partial charge is 0.306 e. The van der Waals surface area contributed by atoms with Crippen LogP contribution in [-0.2, 0) is 33.3 Å². The lowest BCUT2D eigenvalue weighted by molar-refractivity contribution is -0.140. The van der Waals surface area contributed by atoms with E-state index in [0.717, 1.165) is 34.1 Å². The van der Waals surface area contributed by atoms with Crippen LogP contribution in [0.4, 0.5) is 0 Å². The van der Waals surface area contributed by atoms with Crippen molar-refractivity contribution in [3.8, 4) is 0 Å². The van der Waals surface area contributed by atoms with Crippen LogP contribution in [0.15, 0.2) is 24.3 Å². The number of carbonyl (C=O) groups excluding carboxylic acids is 5. The maximum atomic E-state index is 13.1. The molecule has 12 nitrogen and oxygen atoms in total. The Morgan fingerprint density at radius 3 is 1.59 bits per heavy atom. The molecular weight excluding hydrogens is 405 g/mol. The fourth-order valence-corrected chi connectivity index (χ4v) is 4.12. The third kappa shape index (κ3) is 6.43. The first kappa shape index (κ1) is 22.6. The van der Waals surface area contributed by atoms with Crippen molar-refractivity contribution in [2.24, 2.45) is 0 Å². The molecule has 158 valence electrons. The molecule has 13 heteroatoms. The summed E-state index contributed by atoms with van der Waals surface area (Å²) >= 11 is 0. The van der Waals surface area contributed by atoms with Gasteiger partial charge in [0.2, 0.25) is 0 Å². The van der Waals surface area contributed by atoms with E-state index in [4.69, 9.17) is 0 Å². The Hall–Kier alpha value is -2.66. The largest absolute Gasteiger partial charge is 0.469 e. The molecule has 0 unspecified atom stereocenters. The van der Waals surface area contributed by atoms with Crippen LogP contribution in [0.25, 0.3) is 0 Å². The predicted octanol–water partition coefficient (Wildman–Crippen LogP) is -1.72. The molecule has 0 aromatic rings.